The minimum atomic E-state index is 0.565. The van der Waals surface area contributed by atoms with Crippen LogP contribution in [0.5, 0.6) is 0 Å². The molecule has 2 rings (SSSR count). The summed E-state index contributed by atoms with van der Waals surface area (Å²) in [6.45, 7) is 1.94. The quantitative estimate of drug-likeness (QED) is 0.755. The molecule has 0 N–H and O–H groups in total. The SMILES string of the molecule is CCc1onc(-c2cccs2)c1C#N. The van der Waals surface area contributed by atoms with Crippen LogP contribution in [0.4, 0.5) is 0 Å². The summed E-state index contributed by atoms with van der Waals surface area (Å²) in [6.07, 6.45) is 0.696. The number of nitrogens with zero attached hydrogens (tertiary/aromatic N) is 2. The lowest BCUT2D eigenvalue weighted by atomic mass is 10.1. The summed E-state index contributed by atoms with van der Waals surface area (Å²) in [4.78, 5) is 0.977. The van der Waals surface area contributed by atoms with Crippen molar-refractivity contribution in [2.24, 2.45) is 0 Å². The average Bonchev–Trinajstić information content (AvgIpc) is 2.85. The molecule has 14 heavy (non-hydrogen) atoms. The molecule has 2 heterocycles. The fourth-order valence-corrected chi connectivity index (χ4v) is 1.97. The number of aromatic nitrogens is 1. The van der Waals surface area contributed by atoms with Gasteiger partial charge in [-0.05, 0) is 11.4 Å². The van der Waals surface area contributed by atoms with E-state index in [-0.39, 0.29) is 0 Å². The second-order valence-corrected chi connectivity index (χ2v) is 3.72. The van der Waals surface area contributed by atoms with Gasteiger partial charge in [-0.25, -0.2) is 0 Å². The molecule has 0 aliphatic heterocycles. The van der Waals surface area contributed by atoms with Crippen LogP contribution in [-0.2, 0) is 6.42 Å². The Balaban J connectivity index is 2.56. The molecule has 2 aromatic rings. The predicted molar refractivity (Wildman–Crippen MR) is 53.9 cm³/mol. The molecule has 0 spiro atoms. The molecule has 0 fully saturated rings. The lowest BCUT2D eigenvalue weighted by Crippen LogP contribution is -1.82. The maximum Gasteiger partial charge on any atom is 0.154 e. The van der Waals surface area contributed by atoms with Crippen molar-refractivity contribution in [3.63, 3.8) is 0 Å². The number of hydrogen-bond donors (Lipinski definition) is 0. The van der Waals surface area contributed by atoms with Crippen LogP contribution in [-0.4, -0.2) is 5.16 Å². The van der Waals surface area contributed by atoms with Crippen molar-refractivity contribution in [1.82, 2.24) is 5.16 Å². The number of hydrogen-bond acceptors (Lipinski definition) is 4. The molecule has 2 aromatic heterocycles. The molecule has 0 atom stereocenters. The Morgan fingerprint density at radius 2 is 2.50 bits per heavy atom. The first-order valence-corrected chi connectivity index (χ1v) is 5.17. The van der Waals surface area contributed by atoms with E-state index >= 15 is 0 Å². The molecule has 0 bridgehead atoms. The molecule has 0 unspecified atom stereocenters. The van der Waals surface area contributed by atoms with Gasteiger partial charge in [-0.3, -0.25) is 0 Å². The lowest BCUT2D eigenvalue weighted by Gasteiger charge is -1.88. The third-order valence-electron chi connectivity index (χ3n) is 1.95. The molecule has 70 valence electrons. The minimum absolute atomic E-state index is 0.565. The van der Waals surface area contributed by atoms with Gasteiger partial charge in [0.25, 0.3) is 0 Å². The Bertz CT molecular complexity index is 465. The summed E-state index contributed by atoms with van der Waals surface area (Å²) in [6, 6.07) is 6.00. The Kier molecular flexibility index (Phi) is 2.33. The predicted octanol–water partition coefficient (Wildman–Crippen LogP) is 2.84. The van der Waals surface area contributed by atoms with E-state index in [9.17, 15) is 0 Å². The smallest absolute Gasteiger partial charge is 0.154 e. The third-order valence-corrected chi connectivity index (χ3v) is 2.83. The molecule has 4 heteroatoms. The molecular weight excluding hydrogens is 196 g/mol. The van der Waals surface area contributed by atoms with Gasteiger partial charge >= 0.3 is 0 Å². The van der Waals surface area contributed by atoms with E-state index in [0.717, 1.165) is 4.88 Å². The Morgan fingerprint density at radius 3 is 3.07 bits per heavy atom. The number of rotatable bonds is 2. The van der Waals surface area contributed by atoms with E-state index in [2.05, 4.69) is 11.2 Å². The van der Waals surface area contributed by atoms with Gasteiger partial charge < -0.3 is 4.52 Å². The first kappa shape index (κ1) is 8.97. The molecule has 0 radical (unpaired) electrons. The van der Waals surface area contributed by atoms with Gasteiger partial charge in [0.2, 0.25) is 0 Å². The van der Waals surface area contributed by atoms with E-state index in [0.29, 0.717) is 23.4 Å². The van der Waals surface area contributed by atoms with Crippen LogP contribution < -0.4 is 0 Å². The van der Waals surface area contributed by atoms with E-state index < -0.39 is 0 Å². The van der Waals surface area contributed by atoms with Crippen LogP contribution >= 0.6 is 11.3 Å². The van der Waals surface area contributed by atoms with Gasteiger partial charge in [0.1, 0.15) is 17.3 Å². The van der Waals surface area contributed by atoms with Crippen LogP contribution in [0.3, 0.4) is 0 Å². The largest absolute Gasteiger partial charge is 0.359 e. The zero-order valence-electron chi connectivity index (χ0n) is 7.65. The fourth-order valence-electron chi connectivity index (χ4n) is 1.26. The molecule has 0 amide bonds. The maximum atomic E-state index is 8.97. The summed E-state index contributed by atoms with van der Waals surface area (Å²) in [5, 5.41) is 14.8. The van der Waals surface area contributed by atoms with Crippen LogP contribution in [0.15, 0.2) is 22.0 Å². The molecule has 0 saturated heterocycles. The number of thiophene rings is 1. The maximum absolute atomic E-state index is 8.97. The lowest BCUT2D eigenvalue weighted by molar-refractivity contribution is 0.388. The Morgan fingerprint density at radius 1 is 1.64 bits per heavy atom. The summed E-state index contributed by atoms with van der Waals surface area (Å²) in [5.41, 5.74) is 1.23. The summed E-state index contributed by atoms with van der Waals surface area (Å²) < 4.78 is 5.09. The van der Waals surface area contributed by atoms with Crippen molar-refractivity contribution in [1.29, 1.82) is 5.26 Å². The monoisotopic (exact) mass is 204 g/mol. The molecule has 0 aromatic carbocycles. The van der Waals surface area contributed by atoms with Crippen LogP contribution in [0.25, 0.3) is 10.6 Å². The van der Waals surface area contributed by atoms with E-state index in [4.69, 9.17) is 9.78 Å². The van der Waals surface area contributed by atoms with Crippen molar-refractivity contribution in [3.8, 4) is 16.6 Å². The first-order chi connectivity index (χ1) is 6.86. The summed E-state index contributed by atoms with van der Waals surface area (Å²) in [5.74, 6) is 0.663. The van der Waals surface area contributed by atoms with Crippen molar-refractivity contribution in [3.05, 3.63) is 28.8 Å². The van der Waals surface area contributed by atoms with E-state index in [1.807, 2.05) is 24.4 Å². The third kappa shape index (κ3) is 1.32. The van der Waals surface area contributed by atoms with Crippen molar-refractivity contribution in [2.75, 3.05) is 0 Å². The minimum Gasteiger partial charge on any atom is -0.359 e. The van der Waals surface area contributed by atoms with Crippen molar-refractivity contribution >= 4 is 11.3 Å². The van der Waals surface area contributed by atoms with E-state index in [1.165, 1.54) is 0 Å². The van der Waals surface area contributed by atoms with Gasteiger partial charge in [0.05, 0.1) is 4.88 Å². The second kappa shape index (κ2) is 3.64. The Hall–Kier alpha value is -1.60. The van der Waals surface area contributed by atoms with Gasteiger partial charge in [-0.15, -0.1) is 11.3 Å². The second-order valence-electron chi connectivity index (χ2n) is 2.77. The summed E-state index contributed by atoms with van der Waals surface area (Å²) >= 11 is 1.56. The van der Waals surface area contributed by atoms with Gasteiger partial charge in [-0.1, -0.05) is 18.1 Å². The zero-order chi connectivity index (χ0) is 9.97. The van der Waals surface area contributed by atoms with Gasteiger partial charge in [-0.2, -0.15) is 5.26 Å². The number of nitriles is 1. The topological polar surface area (TPSA) is 49.8 Å². The fraction of sp³-hybridized carbons (Fsp3) is 0.200. The molecule has 0 aliphatic rings. The highest BCUT2D eigenvalue weighted by Crippen LogP contribution is 2.28. The van der Waals surface area contributed by atoms with Crippen LogP contribution in [0.2, 0.25) is 0 Å². The standard InChI is InChI=1S/C10H8N2OS/c1-2-8-7(6-11)10(12-13-8)9-4-3-5-14-9/h3-5H,2H2,1H3. The first-order valence-electron chi connectivity index (χ1n) is 4.29. The van der Waals surface area contributed by atoms with Gasteiger partial charge in [0.15, 0.2) is 5.76 Å². The molecule has 0 aliphatic carbocycles. The van der Waals surface area contributed by atoms with Gasteiger partial charge in [0, 0.05) is 6.42 Å². The normalized spacial score (nSPS) is 10.0. The molecular formula is C10H8N2OS. The molecule has 0 saturated carbocycles. The summed E-state index contributed by atoms with van der Waals surface area (Å²) in [7, 11) is 0. The van der Waals surface area contributed by atoms with E-state index in [1.54, 1.807) is 11.3 Å². The zero-order valence-corrected chi connectivity index (χ0v) is 8.47. The Labute approximate surface area is 85.6 Å². The van der Waals surface area contributed by atoms with Crippen LogP contribution in [0.1, 0.15) is 18.2 Å². The number of aryl methyl sites for hydroxylation is 1. The average molecular weight is 204 g/mol. The highest BCUT2D eigenvalue weighted by Gasteiger charge is 2.16. The molecule has 3 nitrogen and oxygen atoms in total. The highest BCUT2D eigenvalue weighted by atomic mass is 32.1. The van der Waals surface area contributed by atoms with Crippen molar-refractivity contribution < 1.29 is 4.52 Å². The van der Waals surface area contributed by atoms with Crippen LogP contribution in [0, 0.1) is 11.3 Å². The highest BCUT2D eigenvalue weighted by molar-refractivity contribution is 7.13. The van der Waals surface area contributed by atoms with Crippen molar-refractivity contribution in [2.45, 2.75) is 13.3 Å².